The van der Waals surface area contributed by atoms with Gasteiger partial charge in [-0.1, -0.05) is 12.1 Å². The molecule has 0 radical (unpaired) electrons. The van der Waals surface area contributed by atoms with E-state index < -0.39 is 0 Å². The van der Waals surface area contributed by atoms with Crippen molar-refractivity contribution < 1.29 is 0 Å². The Morgan fingerprint density at radius 2 is 2.00 bits per heavy atom. The second kappa shape index (κ2) is 7.25. The van der Waals surface area contributed by atoms with Gasteiger partial charge in [-0.2, -0.15) is 0 Å². The molecule has 1 aromatic rings. The average molecular weight is 221 g/mol. The van der Waals surface area contributed by atoms with Crippen molar-refractivity contribution in [2.24, 2.45) is 0 Å². The lowest BCUT2D eigenvalue weighted by molar-refractivity contribution is 0.625. The van der Waals surface area contributed by atoms with Crippen molar-refractivity contribution in [1.29, 1.82) is 0 Å². The average Bonchev–Trinajstić information content (AvgIpc) is 2.29. The lowest BCUT2D eigenvalue weighted by atomic mass is 10.2. The van der Waals surface area contributed by atoms with Crippen LogP contribution < -0.4 is 15.5 Å². The third kappa shape index (κ3) is 4.64. The summed E-state index contributed by atoms with van der Waals surface area (Å²) in [6, 6.07) is 8.63. The van der Waals surface area contributed by atoms with Crippen molar-refractivity contribution in [3.63, 3.8) is 0 Å². The van der Waals surface area contributed by atoms with Crippen molar-refractivity contribution in [2.75, 3.05) is 39.1 Å². The molecule has 0 saturated heterocycles. The molecule has 2 N–H and O–H groups in total. The number of hydrogen-bond donors (Lipinski definition) is 2. The van der Waals surface area contributed by atoms with Gasteiger partial charge in [-0.15, -0.1) is 0 Å². The predicted octanol–water partition coefficient (Wildman–Crippen LogP) is 1.45. The zero-order valence-corrected chi connectivity index (χ0v) is 10.6. The van der Waals surface area contributed by atoms with Crippen LogP contribution in [0.4, 0.5) is 5.69 Å². The van der Waals surface area contributed by atoms with Gasteiger partial charge in [-0.3, -0.25) is 0 Å². The Balaban J connectivity index is 2.33. The third-order valence-electron chi connectivity index (χ3n) is 2.54. The van der Waals surface area contributed by atoms with Gasteiger partial charge in [0.05, 0.1) is 0 Å². The second-order valence-corrected chi connectivity index (χ2v) is 4.20. The highest BCUT2D eigenvalue weighted by Crippen LogP contribution is 2.12. The van der Waals surface area contributed by atoms with Crippen LogP contribution in [0.15, 0.2) is 24.3 Å². The summed E-state index contributed by atoms with van der Waals surface area (Å²) in [6.45, 7) is 3.09. The van der Waals surface area contributed by atoms with Crippen molar-refractivity contribution in [2.45, 2.75) is 13.0 Å². The fourth-order valence-electron chi connectivity index (χ4n) is 1.57. The second-order valence-electron chi connectivity index (χ2n) is 4.20. The van der Waals surface area contributed by atoms with Crippen LogP contribution >= 0.6 is 0 Å². The number of rotatable bonds is 7. The minimum absolute atomic E-state index is 0.950. The number of nitrogens with zero attached hydrogens (tertiary/aromatic N) is 1. The van der Waals surface area contributed by atoms with E-state index >= 15 is 0 Å². The molecule has 90 valence electrons. The zero-order valence-electron chi connectivity index (χ0n) is 10.6. The van der Waals surface area contributed by atoms with Gasteiger partial charge in [0.1, 0.15) is 0 Å². The molecule has 0 aliphatic carbocycles. The van der Waals surface area contributed by atoms with Gasteiger partial charge in [0.15, 0.2) is 0 Å². The van der Waals surface area contributed by atoms with E-state index in [1.165, 1.54) is 17.7 Å². The van der Waals surface area contributed by atoms with Crippen LogP contribution in [0, 0.1) is 0 Å². The Hall–Kier alpha value is -1.06. The van der Waals surface area contributed by atoms with Crippen LogP contribution in [0.1, 0.15) is 12.0 Å². The lowest BCUT2D eigenvalue weighted by Crippen LogP contribution is -2.19. The van der Waals surface area contributed by atoms with E-state index in [4.69, 9.17) is 0 Å². The maximum Gasteiger partial charge on any atom is 0.0364 e. The topological polar surface area (TPSA) is 27.3 Å². The van der Waals surface area contributed by atoms with E-state index in [9.17, 15) is 0 Å². The largest absolute Gasteiger partial charge is 0.378 e. The summed E-state index contributed by atoms with van der Waals surface area (Å²) in [5.74, 6) is 0. The monoisotopic (exact) mass is 221 g/mol. The highest BCUT2D eigenvalue weighted by atomic mass is 15.1. The summed E-state index contributed by atoms with van der Waals surface area (Å²) >= 11 is 0. The molecule has 0 atom stereocenters. The van der Waals surface area contributed by atoms with E-state index in [0.29, 0.717) is 0 Å². The number of anilines is 1. The van der Waals surface area contributed by atoms with Crippen LogP contribution in [0.3, 0.4) is 0 Å². The Bertz CT molecular complexity index is 297. The molecule has 0 amide bonds. The fraction of sp³-hybridized carbons (Fsp3) is 0.538. The molecule has 0 aliphatic rings. The van der Waals surface area contributed by atoms with Gasteiger partial charge in [-0.25, -0.2) is 0 Å². The normalized spacial score (nSPS) is 10.4. The molecule has 0 spiro atoms. The molecule has 3 nitrogen and oxygen atoms in total. The predicted molar refractivity (Wildman–Crippen MR) is 71.0 cm³/mol. The zero-order chi connectivity index (χ0) is 11.8. The van der Waals surface area contributed by atoms with Gasteiger partial charge in [0.25, 0.3) is 0 Å². The molecule has 0 fully saturated rings. The number of benzene rings is 1. The van der Waals surface area contributed by atoms with Crippen LogP contribution in [0.5, 0.6) is 0 Å². The molecular formula is C13H23N3. The fourth-order valence-corrected chi connectivity index (χ4v) is 1.57. The molecule has 1 rings (SSSR count). The molecule has 1 aromatic carbocycles. The summed E-state index contributed by atoms with van der Waals surface area (Å²) in [5.41, 5.74) is 2.60. The van der Waals surface area contributed by atoms with E-state index in [1.807, 2.05) is 7.05 Å². The molecule has 0 heterocycles. The summed E-state index contributed by atoms with van der Waals surface area (Å²) < 4.78 is 0. The first kappa shape index (κ1) is 13.0. The van der Waals surface area contributed by atoms with E-state index in [0.717, 1.165) is 19.6 Å². The minimum atomic E-state index is 0.950. The van der Waals surface area contributed by atoms with Crippen molar-refractivity contribution in [3.05, 3.63) is 29.8 Å². The Morgan fingerprint density at radius 3 is 2.69 bits per heavy atom. The first-order valence-electron chi connectivity index (χ1n) is 5.85. The first-order chi connectivity index (χ1) is 7.74. The molecule has 0 unspecified atom stereocenters. The Kier molecular flexibility index (Phi) is 5.90. The molecule has 0 aromatic heterocycles. The van der Waals surface area contributed by atoms with Gasteiger partial charge in [0.2, 0.25) is 0 Å². The summed E-state index contributed by atoms with van der Waals surface area (Å²) in [6.07, 6.45) is 1.17. The molecule has 0 saturated carbocycles. The quantitative estimate of drug-likeness (QED) is 0.683. The van der Waals surface area contributed by atoms with Gasteiger partial charge in [0, 0.05) is 26.3 Å². The number of hydrogen-bond acceptors (Lipinski definition) is 3. The maximum absolute atomic E-state index is 3.44. The van der Waals surface area contributed by atoms with Crippen molar-refractivity contribution in [1.82, 2.24) is 10.6 Å². The Labute approximate surface area is 98.8 Å². The van der Waals surface area contributed by atoms with E-state index in [1.54, 1.807) is 0 Å². The molecule has 3 heteroatoms. The SMILES string of the molecule is CNCCCNCc1cccc(N(C)C)c1. The van der Waals surface area contributed by atoms with Crippen molar-refractivity contribution >= 4 is 5.69 Å². The minimum Gasteiger partial charge on any atom is -0.378 e. The van der Waals surface area contributed by atoms with E-state index in [2.05, 4.69) is 53.9 Å². The number of nitrogens with one attached hydrogen (secondary N) is 2. The summed E-state index contributed by atoms with van der Waals surface area (Å²) in [7, 11) is 6.12. The Morgan fingerprint density at radius 1 is 1.19 bits per heavy atom. The third-order valence-corrected chi connectivity index (χ3v) is 2.54. The molecule has 0 bridgehead atoms. The van der Waals surface area contributed by atoms with Gasteiger partial charge < -0.3 is 15.5 Å². The standard InChI is InChI=1S/C13H23N3/c1-14-8-5-9-15-11-12-6-4-7-13(10-12)16(2)3/h4,6-7,10,14-15H,5,8-9,11H2,1-3H3. The highest BCUT2D eigenvalue weighted by Gasteiger charge is 1.97. The lowest BCUT2D eigenvalue weighted by Gasteiger charge is -2.13. The molecule has 0 aliphatic heterocycles. The van der Waals surface area contributed by atoms with Gasteiger partial charge in [-0.05, 0) is 44.3 Å². The molecule has 16 heavy (non-hydrogen) atoms. The maximum atomic E-state index is 3.44. The summed E-state index contributed by atoms with van der Waals surface area (Å²) in [4.78, 5) is 2.13. The summed E-state index contributed by atoms with van der Waals surface area (Å²) in [5, 5.41) is 6.59. The van der Waals surface area contributed by atoms with Crippen LogP contribution in [-0.2, 0) is 6.54 Å². The first-order valence-corrected chi connectivity index (χ1v) is 5.85. The van der Waals surface area contributed by atoms with Crippen LogP contribution in [0.25, 0.3) is 0 Å². The van der Waals surface area contributed by atoms with Gasteiger partial charge >= 0.3 is 0 Å². The smallest absolute Gasteiger partial charge is 0.0364 e. The molecular weight excluding hydrogens is 198 g/mol. The highest BCUT2D eigenvalue weighted by molar-refractivity contribution is 5.47. The van der Waals surface area contributed by atoms with Crippen molar-refractivity contribution in [3.8, 4) is 0 Å². The van der Waals surface area contributed by atoms with Crippen LogP contribution in [-0.4, -0.2) is 34.2 Å². The van der Waals surface area contributed by atoms with Crippen LogP contribution in [0.2, 0.25) is 0 Å². The van der Waals surface area contributed by atoms with E-state index in [-0.39, 0.29) is 0 Å².